The van der Waals surface area contributed by atoms with Crippen molar-refractivity contribution in [2.24, 2.45) is 0 Å². The zero-order valence-corrected chi connectivity index (χ0v) is 13.1. The SMILES string of the molecule is COc1ccc(-c2nn3c(C(C)C)nnc3s2)c(OC)c1. The van der Waals surface area contributed by atoms with E-state index in [1.54, 1.807) is 18.7 Å². The number of hydrogen-bond donors (Lipinski definition) is 0. The summed E-state index contributed by atoms with van der Waals surface area (Å²) in [4.78, 5) is 0.784. The maximum Gasteiger partial charge on any atom is 0.234 e. The highest BCUT2D eigenvalue weighted by atomic mass is 32.1. The van der Waals surface area contributed by atoms with Gasteiger partial charge in [-0.2, -0.15) is 9.61 Å². The minimum atomic E-state index is 0.271. The minimum absolute atomic E-state index is 0.271. The largest absolute Gasteiger partial charge is 0.497 e. The van der Waals surface area contributed by atoms with Gasteiger partial charge in [0.05, 0.1) is 19.8 Å². The summed E-state index contributed by atoms with van der Waals surface area (Å²) in [5.41, 5.74) is 0.920. The van der Waals surface area contributed by atoms with Gasteiger partial charge in [-0.1, -0.05) is 25.2 Å². The van der Waals surface area contributed by atoms with E-state index < -0.39 is 0 Å². The Kier molecular flexibility index (Phi) is 3.50. The van der Waals surface area contributed by atoms with Crippen LogP contribution < -0.4 is 9.47 Å². The monoisotopic (exact) mass is 304 g/mol. The Labute approximate surface area is 126 Å². The lowest BCUT2D eigenvalue weighted by Crippen LogP contribution is -1.98. The highest BCUT2D eigenvalue weighted by molar-refractivity contribution is 7.19. The molecular weight excluding hydrogens is 288 g/mol. The van der Waals surface area contributed by atoms with Crippen molar-refractivity contribution in [1.82, 2.24) is 19.8 Å². The number of rotatable bonds is 4. The van der Waals surface area contributed by atoms with Crippen molar-refractivity contribution < 1.29 is 9.47 Å². The number of aromatic nitrogens is 4. The normalized spacial score (nSPS) is 11.3. The van der Waals surface area contributed by atoms with E-state index in [-0.39, 0.29) is 5.92 Å². The van der Waals surface area contributed by atoms with Crippen LogP contribution in [0.2, 0.25) is 0 Å². The average Bonchev–Trinajstić information content (AvgIpc) is 3.06. The van der Waals surface area contributed by atoms with E-state index in [1.807, 2.05) is 18.2 Å². The molecule has 110 valence electrons. The molecule has 0 saturated heterocycles. The maximum atomic E-state index is 5.43. The Bertz CT molecular complexity index is 778. The van der Waals surface area contributed by atoms with E-state index in [1.165, 1.54) is 11.3 Å². The van der Waals surface area contributed by atoms with Crippen molar-refractivity contribution in [3.8, 4) is 22.1 Å². The Morgan fingerprint density at radius 1 is 1.14 bits per heavy atom. The van der Waals surface area contributed by atoms with Crippen molar-refractivity contribution in [3.05, 3.63) is 24.0 Å². The Morgan fingerprint density at radius 2 is 1.95 bits per heavy atom. The molecule has 3 aromatic rings. The summed E-state index contributed by atoms with van der Waals surface area (Å²) in [6.45, 7) is 4.15. The molecule has 0 saturated carbocycles. The van der Waals surface area contributed by atoms with E-state index in [2.05, 4.69) is 29.1 Å². The summed E-state index contributed by atoms with van der Waals surface area (Å²) >= 11 is 1.49. The lowest BCUT2D eigenvalue weighted by Gasteiger charge is -2.07. The molecular formula is C14H16N4O2S. The minimum Gasteiger partial charge on any atom is -0.497 e. The second kappa shape index (κ2) is 5.33. The molecule has 0 amide bonds. The molecule has 0 aliphatic carbocycles. The summed E-state index contributed by atoms with van der Waals surface area (Å²) in [6, 6.07) is 5.68. The number of nitrogens with zero attached hydrogens (tertiary/aromatic N) is 4. The summed E-state index contributed by atoms with van der Waals surface area (Å²) in [7, 11) is 3.27. The summed E-state index contributed by atoms with van der Waals surface area (Å²) in [5.74, 6) is 2.61. The van der Waals surface area contributed by atoms with Crippen LogP contribution in [0, 0.1) is 0 Å². The second-order valence-electron chi connectivity index (χ2n) is 4.88. The van der Waals surface area contributed by atoms with Gasteiger partial charge in [-0.05, 0) is 12.1 Å². The van der Waals surface area contributed by atoms with Gasteiger partial charge in [-0.15, -0.1) is 10.2 Å². The van der Waals surface area contributed by atoms with E-state index in [9.17, 15) is 0 Å². The van der Waals surface area contributed by atoms with Gasteiger partial charge in [-0.3, -0.25) is 0 Å². The third-order valence-corrected chi connectivity index (χ3v) is 4.10. The number of methoxy groups -OCH3 is 2. The molecule has 0 fully saturated rings. The molecule has 3 rings (SSSR count). The van der Waals surface area contributed by atoms with Gasteiger partial charge >= 0.3 is 0 Å². The first-order valence-corrected chi connectivity index (χ1v) is 7.40. The molecule has 0 atom stereocenters. The Balaban J connectivity index is 2.12. The third-order valence-electron chi connectivity index (χ3n) is 3.17. The Hall–Kier alpha value is -2.15. The predicted molar refractivity (Wildman–Crippen MR) is 81.3 cm³/mol. The highest BCUT2D eigenvalue weighted by Crippen LogP contribution is 2.35. The second-order valence-corrected chi connectivity index (χ2v) is 5.84. The zero-order valence-electron chi connectivity index (χ0n) is 12.3. The van der Waals surface area contributed by atoms with Crippen LogP contribution in [0.3, 0.4) is 0 Å². The van der Waals surface area contributed by atoms with Gasteiger partial charge in [0.1, 0.15) is 11.5 Å². The smallest absolute Gasteiger partial charge is 0.234 e. The van der Waals surface area contributed by atoms with Gasteiger partial charge in [0.15, 0.2) is 10.8 Å². The van der Waals surface area contributed by atoms with Crippen molar-refractivity contribution in [2.45, 2.75) is 19.8 Å². The lowest BCUT2D eigenvalue weighted by molar-refractivity contribution is 0.395. The first-order valence-electron chi connectivity index (χ1n) is 6.58. The first kappa shape index (κ1) is 13.8. The molecule has 0 aliphatic heterocycles. The fourth-order valence-corrected chi connectivity index (χ4v) is 2.95. The van der Waals surface area contributed by atoms with E-state index in [0.717, 1.165) is 32.9 Å². The van der Waals surface area contributed by atoms with Crippen LogP contribution >= 0.6 is 11.3 Å². The van der Waals surface area contributed by atoms with Crippen LogP contribution in [-0.2, 0) is 0 Å². The van der Waals surface area contributed by atoms with Crippen LogP contribution in [0.1, 0.15) is 25.6 Å². The molecule has 2 heterocycles. The molecule has 0 bridgehead atoms. The molecule has 7 heteroatoms. The standard InChI is InChI=1S/C14H16N4O2S/c1-8(2)12-15-16-14-18(12)17-13(21-14)10-6-5-9(19-3)7-11(10)20-4/h5-8H,1-4H3. The zero-order chi connectivity index (χ0) is 15.0. The predicted octanol–water partition coefficient (Wildman–Crippen LogP) is 2.99. The molecule has 1 aromatic carbocycles. The summed E-state index contributed by atoms with van der Waals surface area (Å²) in [5, 5.41) is 13.8. The van der Waals surface area contributed by atoms with E-state index in [4.69, 9.17) is 9.47 Å². The van der Waals surface area contributed by atoms with Crippen LogP contribution in [0.5, 0.6) is 11.5 Å². The van der Waals surface area contributed by atoms with Crippen LogP contribution in [0.4, 0.5) is 0 Å². The van der Waals surface area contributed by atoms with Crippen molar-refractivity contribution in [3.63, 3.8) is 0 Å². The molecule has 21 heavy (non-hydrogen) atoms. The van der Waals surface area contributed by atoms with Gasteiger partial charge in [0.2, 0.25) is 4.96 Å². The number of hydrogen-bond acceptors (Lipinski definition) is 6. The van der Waals surface area contributed by atoms with Gasteiger partial charge in [-0.25, -0.2) is 0 Å². The number of ether oxygens (including phenoxy) is 2. The molecule has 0 unspecified atom stereocenters. The van der Waals surface area contributed by atoms with E-state index in [0.29, 0.717) is 0 Å². The molecule has 0 N–H and O–H groups in total. The quantitative estimate of drug-likeness (QED) is 0.741. The Morgan fingerprint density at radius 3 is 2.62 bits per heavy atom. The van der Waals surface area contributed by atoms with Crippen LogP contribution in [0.25, 0.3) is 15.5 Å². The topological polar surface area (TPSA) is 61.5 Å². The number of benzene rings is 1. The third kappa shape index (κ3) is 2.33. The van der Waals surface area contributed by atoms with E-state index >= 15 is 0 Å². The van der Waals surface area contributed by atoms with Crippen molar-refractivity contribution in [1.29, 1.82) is 0 Å². The van der Waals surface area contributed by atoms with Crippen LogP contribution in [-0.4, -0.2) is 34.0 Å². The fourth-order valence-electron chi connectivity index (χ4n) is 2.08. The maximum absolute atomic E-state index is 5.43. The lowest BCUT2D eigenvalue weighted by atomic mass is 10.2. The van der Waals surface area contributed by atoms with Gasteiger partial charge < -0.3 is 9.47 Å². The highest BCUT2D eigenvalue weighted by Gasteiger charge is 2.17. The number of fused-ring (bicyclic) bond motifs is 1. The molecule has 0 spiro atoms. The fraction of sp³-hybridized carbons (Fsp3) is 0.357. The average molecular weight is 304 g/mol. The van der Waals surface area contributed by atoms with Crippen molar-refractivity contribution in [2.75, 3.05) is 14.2 Å². The first-order chi connectivity index (χ1) is 10.1. The summed E-state index contributed by atoms with van der Waals surface area (Å²) in [6.07, 6.45) is 0. The molecule has 2 aromatic heterocycles. The van der Waals surface area contributed by atoms with Gasteiger partial charge in [0, 0.05) is 12.0 Å². The van der Waals surface area contributed by atoms with Crippen LogP contribution in [0.15, 0.2) is 18.2 Å². The molecule has 0 aliphatic rings. The molecule has 0 radical (unpaired) electrons. The molecule has 6 nitrogen and oxygen atoms in total. The summed E-state index contributed by atoms with van der Waals surface area (Å²) < 4.78 is 12.5. The van der Waals surface area contributed by atoms with Gasteiger partial charge in [0.25, 0.3) is 0 Å². The van der Waals surface area contributed by atoms with Crippen molar-refractivity contribution >= 4 is 16.3 Å².